The average molecular weight is 355 g/mol. The quantitative estimate of drug-likeness (QED) is 0.549. The molecule has 0 aliphatic heterocycles. The third kappa shape index (κ3) is 3.49. The summed E-state index contributed by atoms with van der Waals surface area (Å²) < 4.78 is 5.37. The first-order chi connectivity index (χ1) is 12.1. The van der Waals surface area contributed by atoms with E-state index < -0.39 is 0 Å². The van der Waals surface area contributed by atoms with E-state index >= 15 is 0 Å². The fourth-order valence-electron chi connectivity index (χ4n) is 3.83. The van der Waals surface area contributed by atoms with Gasteiger partial charge in [0.1, 0.15) is 12.3 Å². The monoisotopic (exact) mass is 355 g/mol. The van der Waals surface area contributed by atoms with E-state index in [-0.39, 0.29) is 17.4 Å². The molecule has 0 fully saturated rings. The largest absolute Gasteiger partial charge is 0.356 e. The van der Waals surface area contributed by atoms with Crippen LogP contribution in [0.5, 0.6) is 0 Å². The zero-order valence-corrected chi connectivity index (χ0v) is 16.6. The second kappa shape index (κ2) is 6.67. The number of hydrogen-bond acceptors (Lipinski definition) is 4. The van der Waals surface area contributed by atoms with Gasteiger partial charge in [0, 0.05) is 6.07 Å². The maximum absolute atomic E-state index is 8.55. The molecule has 0 atom stereocenters. The van der Waals surface area contributed by atoms with Crippen molar-refractivity contribution in [2.45, 2.75) is 71.8 Å². The average Bonchev–Trinajstić information content (AvgIpc) is 3.02. The summed E-state index contributed by atoms with van der Waals surface area (Å²) >= 11 is 0. The smallest absolute Gasteiger partial charge is 0.162 e. The van der Waals surface area contributed by atoms with E-state index in [1.807, 2.05) is 6.92 Å². The lowest BCUT2D eigenvalue weighted by Crippen LogP contribution is -2.34. The zero-order valence-electron chi connectivity index (χ0n) is 16.6. The molecule has 2 aromatic rings. The molecule has 0 bridgehead atoms. The number of allylic oxidation sites excluding steroid dienone is 1. The van der Waals surface area contributed by atoms with Gasteiger partial charge in [-0.05, 0) is 71.4 Å². The highest BCUT2D eigenvalue weighted by Gasteiger charge is 2.37. The van der Waals surface area contributed by atoms with E-state index in [9.17, 15) is 0 Å². The Kier molecular flexibility index (Phi) is 4.84. The Morgan fingerprint density at radius 2 is 1.77 bits per heavy atom. The summed E-state index contributed by atoms with van der Waals surface area (Å²) in [6, 6.07) is 6.51. The van der Waals surface area contributed by atoms with Gasteiger partial charge < -0.3 is 4.52 Å². The summed E-state index contributed by atoms with van der Waals surface area (Å²) in [4.78, 5) is 4.12. The number of hydrogen-bond donors (Lipinski definition) is 1. The summed E-state index contributed by atoms with van der Waals surface area (Å²) in [6.45, 7) is 13.6. The summed E-state index contributed by atoms with van der Waals surface area (Å²) in [5.41, 5.74) is 7.38. The Balaban J connectivity index is 2.03. The molecule has 26 heavy (non-hydrogen) atoms. The normalized spacial score (nSPS) is 18.7. The van der Waals surface area contributed by atoms with Gasteiger partial charge in [-0.1, -0.05) is 45.0 Å². The molecule has 4 nitrogen and oxygen atoms in total. The van der Waals surface area contributed by atoms with Crippen molar-refractivity contribution >= 4 is 11.6 Å². The van der Waals surface area contributed by atoms with E-state index in [4.69, 9.17) is 9.78 Å². The van der Waals surface area contributed by atoms with Crippen LogP contribution in [0.15, 0.2) is 22.7 Å². The van der Waals surface area contributed by atoms with Crippen molar-refractivity contribution in [1.82, 2.24) is 5.16 Å². The second-order valence-electron chi connectivity index (χ2n) is 8.81. The van der Waals surface area contributed by atoms with Crippen LogP contribution in [0.2, 0.25) is 0 Å². The Hall–Kier alpha value is -1.91. The van der Waals surface area contributed by atoms with Crippen molar-refractivity contribution in [1.29, 1.82) is 0 Å². The SMILES string of the molecule is C/C(=C/c1cc2c(cc1C)C(C)(C)CCC2(C)C)c1cc(COO)no1. The summed E-state index contributed by atoms with van der Waals surface area (Å²) in [5, 5.41) is 12.4. The number of fused-ring (bicyclic) bond motifs is 1. The zero-order chi connectivity index (χ0) is 19.1. The minimum atomic E-state index is 0.0257. The Labute approximate surface area is 155 Å². The summed E-state index contributed by atoms with van der Waals surface area (Å²) in [6.07, 6.45) is 4.57. The van der Waals surface area contributed by atoms with Crippen LogP contribution in [-0.2, 0) is 22.3 Å². The van der Waals surface area contributed by atoms with E-state index in [1.54, 1.807) is 6.07 Å². The molecular formula is C22H29NO3. The number of aryl methyl sites for hydroxylation is 1. The maximum Gasteiger partial charge on any atom is 0.162 e. The summed E-state index contributed by atoms with van der Waals surface area (Å²) in [5.74, 6) is 0.689. The number of rotatable bonds is 4. The molecule has 4 heteroatoms. The number of benzene rings is 1. The van der Waals surface area contributed by atoms with Gasteiger partial charge in [-0.25, -0.2) is 4.89 Å². The molecule has 0 saturated carbocycles. The van der Waals surface area contributed by atoms with Crippen molar-refractivity contribution in [2.75, 3.05) is 0 Å². The van der Waals surface area contributed by atoms with E-state index in [0.29, 0.717) is 11.5 Å². The van der Waals surface area contributed by atoms with Crippen molar-refractivity contribution in [3.8, 4) is 0 Å². The molecule has 1 heterocycles. The number of aromatic nitrogens is 1. The van der Waals surface area contributed by atoms with Crippen molar-refractivity contribution in [3.05, 3.63) is 51.9 Å². The van der Waals surface area contributed by atoms with Gasteiger partial charge in [-0.15, -0.1) is 0 Å². The molecule has 1 aliphatic rings. The van der Waals surface area contributed by atoms with E-state index in [1.165, 1.54) is 35.1 Å². The van der Waals surface area contributed by atoms with Gasteiger partial charge in [-0.2, -0.15) is 0 Å². The van der Waals surface area contributed by atoms with Crippen LogP contribution in [0, 0.1) is 6.92 Å². The molecule has 3 rings (SSSR count). The van der Waals surface area contributed by atoms with Crippen LogP contribution in [0.3, 0.4) is 0 Å². The highest BCUT2D eigenvalue weighted by Crippen LogP contribution is 2.46. The first-order valence-corrected chi connectivity index (χ1v) is 9.20. The van der Waals surface area contributed by atoms with Crippen LogP contribution in [0.4, 0.5) is 0 Å². The third-order valence-corrected chi connectivity index (χ3v) is 5.77. The predicted octanol–water partition coefficient (Wildman–Crippen LogP) is 5.88. The minimum absolute atomic E-state index is 0.0257. The first-order valence-electron chi connectivity index (χ1n) is 9.20. The van der Waals surface area contributed by atoms with Crippen molar-refractivity contribution in [2.24, 2.45) is 0 Å². The molecule has 0 radical (unpaired) electrons. The van der Waals surface area contributed by atoms with Crippen LogP contribution < -0.4 is 0 Å². The molecule has 1 aromatic carbocycles. The minimum Gasteiger partial charge on any atom is -0.356 e. The number of nitrogens with zero attached hydrogens (tertiary/aromatic N) is 1. The van der Waals surface area contributed by atoms with Crippen molar-refractivity contribution < 1.29 is 14.7 Å². The maximum atomic E-state index is 8.55. The topological polar surface area (TPSA) is 55.5 Å². The molecule has 1 aromatic heterocycles. The fraction of sp³-hybridized carbons (Fsp3) is 0.500. The van der Waals surface area contributed by atoms with Gasteiger partial charge in [0.05, 0.1) is 0 Å². The fourth-order valence-corrected chi connectivity index (χ4v) is 3.83. The lowest BCUT2D eigenvalue weighted by molar-refractivity contribution is -0.254. The molecule has 0 amide bonds. The van der Waals surface area contributed by atoms with Gasteiger partial charge in [-0.3, -0.25) is 5.26 Å². The van der Waals surface area contributed by atoms with E-state index in [2.05, 4.69) is 62.9 Å². The molecule has 1 aliphatic carbocycles. The highest BCUT2D eigenvalue weighted by atomic mass is 17.1. The molecule has 0 spiro atoms. The van der Waals surface area contributed by atoms with Crippen LogP contribution in [-0.4, -0.2) is 10.4 Å². The second-order valence-corrected chi connectivity index (χ2v) is 8.81. The Bertz CT molecular complexity index is 843. The molecule has 140 valence electrons. The van der Waals surface area contributed by atoms with Gasteiger partial charge in [0.25, 0.3) is 0 Å². The Morgan fingerprint density at radius 3 is 2.38 bits per heavy atom. The molecule has 1 N–H and O–H groups in total. The molecular weight excluding hydrogens is 326 g/mol. The highest BCUT2D eigenvalue weighted by molar-refractivity contribution is 5.79. The van der Waals surface area contributed by atoms with Crippen LogP contribution in [0.25, 0.3) is 11.6 Å². The van der Waals surface area contributed by atoms with Crippen molar-refractivity contribution in [3.63, 3.8) is 0 Å². The van der Waals surface area contributed by atoms with Gasteiger partial charge in [0.15, 0.2) is 5.76 Å². The summed E-state index contributed by atoms with van der Waals surface area (Å²) in [7, 11) is 0. The van der Waals surface area contributed by atoms with Crippen LogP contribution >= 0.6 is 0 Å². The van der Waals surface area contributed by atoms with Crippen LogP contribution in [0.1, 0.15) is 81.2 Å². The lowest BCUT2D eigenvalue weighted by atomic mass is 9.62. The molecule has 0 unspecified atom stereocenters. The van der Waals surface area contributed by atoms with E-state index in [0.717, 1.165) is 5.57 Å². The predicted molar refractivity (Wildman–Crippen MR) is 104 cm³/mol. The van der Waals surface area contributed by atoms with Gasteiger partial charge >= 0.3 is 0 Å². The standard InChI is InChI=1S/C22H29NO3/c1-14-10-18-19(22(5,6)8-7-21(18,3)4)11-16(14)9-15(2)20-12-17(13-25-24)23-26-20/h9-12,24H,7-8,13H2,1-6H3/b15-9-. The van der Waals surface area contributed by atoms with Gasteiger partial charge in [0.2, 0.25) is 0 Å². The first kappa shape index (κ1) is 18.9. The molecule has 0 saturated heterocycles. The third-order valence-electron chi connectivity index (χ3n) is 5.77. The lowest BCUT2D eigenvalue weighted by Gasteiger charge is -2.42. The Morgan fingerprint density at radius 1 is 1.15 bits per heavy atom.